The molecule has 132 valence electrons. The molecule has 0 spiro atoms. The first-order chi connectivity index (χ1) is 11.5. The standard InChI is InChI=1S/C19H28N2O3/c1-15(2)21(13-16-8-7-9-17(12-16)19(23)24)14-18(22)20-10-5-3-4-6-11-20/h7-9,12,15H,3-6,10-11,13-14H2,1-2H3,(H,23,24). The Morgan fingerprint density at radius 3 is 2.42 bits per heavy atom. The van der Waals surface area contributed by atoms with Crippen LogP contribution in [0.15, 0.2) is 24.3 Å². The molecule has 5 nitrogen and oxygen atoms in total. The fourth-order valence-corrected chi connectivity index (χ4v) is 3.05. The lowest BCUT2D eigenvalue weighted by Crippen LogP contribution is -2.43. The van der Waals surface area contributed by atoms with Crippen molar-refractivity contribution in [2.45, 2.75) is 52.1 Å². The number of carboxylic acid groups (broad SMARTS) is 1. The first kappa shape index (κ1) is 18.5. The molecule has 0 aliphatic carbocycles. The molecule has 0 atom stereocenters. The maximum atomic E-state index is 12.6. The highest BCUT2D eigenvalue weighted by atomic mass is 16.4. The zero-order valence-corrected chi connectivity index (χ0v) is 14.7. The van der Waals surface area contributed by atoms with Crippen LogP contribution >= 0.6 is 0 Å². The maximum absolute atomic E-state index is 12.6. The van der Waals surface area contributed by atoms with Crippen molar-refractivity contribution in [3.05, 3.63) is 35.4 Å². The maximum Gasteiger partial charge on any atom is 0.335 e. The second-order valence-electron chi connectivity index (χ2n) is 6.80. The number of likely N-dealkylation sites (tertiary alicyclic amines) is 1. The van der Waals surface area contributed by atoms with Gasteiger partial charge in [0.05, 0.1) is 12.1 Å². The second kappa shape index (κ2) is 8.83. The van der Waals surface area contributed by atoms with Crippen molar-refractivity contribution >= 4 is 11.9 Å². The lowest BCUT2D eigenvalue weighted by atomic mass is 10.1. The summed E-state index contributed by atoms with van der Waals surface area (Å²) in [7, 11) is 0. The molecule has 5 heteroatoms. The van der Waals surface area contributed by atoms with Gasteiger partial charge in [-0.1, -0.05) is 25.0 Å². The molecule has 1 amide bonds. The van der Waals surface area contributed by atoms with Crippen LogP contribution in [0, 0.1) is 0 Å². The van der Waals surface area contributed by atoms with Gasteiger partial charge in [-0.15, -0.1) is 0 Å². The average molecular weight is 332 g/mol. The molecule has 0 unspecified atom stereocenters. The number of aromatic carboxylic acids is 1. The van der Waals surface area contributed by atoms with Gasteiger partial charge in [-0.3, -0.25) is 9.69 Å². The van der Waals surface area contributed by atoms with Gasteiger partial charge in [0.15, 0.2) is 0 Å². The van der Waals surface area contributed by atoms with E-state index < -0.39 is 5.97 Å². The Bertz CT molecular complexity index is 563. The summed E-state index contributed by atoms with van der Waals surface area (Å²) in [6, 6.07) is 7.17. The summed E-state index contributed by atoms with van der Waals surface area (Å²) < 4.78 is 0. The lowest BCUT2D eigenvalue weighted by Gasteiger charge is -2.29. The minimum absolute atomic E-state index is 0.181. The second-order valence-corrected chi connectivity index (χ2v) is 6.80. The third-order valence-electron chi connectivity index (χ3n) is 4.59. The highest BCUT2D eigenvalue weighted by molar-refractivity contribution is 5.87. The fourth-order valence-electron chi connectivity index (χ4n) is 3.05. The Morgan fingerprint density at radius 2 is 1.83 bits per heavy atom. The number of rotatable bonds is 6. The van der Waals surface area contributed by atoms with E-state index in [2.05, 4.69) is 18.7 Å². The Morgan fingerprint density at radius 1 is 1.17 bits per heavy atom. The number of hydrogen-bond acceptors (Lipinski definition) is 3. The van der Waals surface area contributed by atoms with E-state index in [-0.39, 0.29) is 17.5 Å². The minimum atomic E-state index is -0.923. The fraction of sp³-hybridized carbons (Fsp3) is 0.579. The number of benzene rings is 1. The van der Waals surface area contributed by atoms with E-state index in [1.165, 1.54) is 12.8 Å². The summed E-state index contributed by atoms with van der Waals surface area (Å²) in [6.07, 6.45) is 4.60. The minimum Gasteiger partial charge on any atom is -0.478 e. The molecule has 2 rings (SSSR count). The van der Waals surface area contributed by atoms with E-state index in [0.717, 1.165) is 31.5 Å². The molecule has 1 saturated heterocycles. The topological polar surface area (TPSA) is 60.9 Å². The quantitative estimate of drug-likeness (QED) is 0.870. The number of carbonyl (C=O) groups excluding carboxylic acids is 1. The average Bonchev–Trinajstić information content (AvgIpc) is 2.83. The summed E-state index contributed by atoms with van der Waals surface area (Å²) in [4.78, 5) is 27.8. The normalized spacial score (nSPS) is 15.6. The van der Waals surface area contributed by atoms with Gasteiger partial charge in [0, 0.05) is 25.7 Å². The van der Waals surface area contributed by atoms with Crippen LogP contribution in [0.5, 0.6) is 0 Å². The summed E-state index contributed by atoms with van der Waals surface area (Å²) in [6.45, 7) is 6.82. The molecule has 1 fully saturated rings. The third-order valence-corrected chi connectivity index (χ3v) is 4.59. The van der Waals surface area contributed by atoms with Gasteiger partial charge in [-0.25, -0.2) is 4.79 Å². The van der Waals surface area contributed by atoms with Crippen LogP contribution in [0.25, 0.3) is 0 Å². The van der Waals surface area contributed by atoms with Gasteiger partial charge < -0.3 is 10.0 Å². The molecule has 1 heterocycles. The van der Waals surface area contributed by atoms with Crippen LogP contribution in [0.3, 0.4) is 0 Å². The van der Waals surface area contributed by atoms with Gasteiger partial charge in [0.2, 0.25) is 5.91 Å². The van der Waals surface area contributed by atoms with Crippen LogP contribution in [0.1, 0.15) is 55.5 Å². The molecule has 0 aromatic heterocycles. The Kier molecular flexibility index (Phi) is 6.79. The van der Waals surface area contributed by atoms with E-state index in [9.17, 15) is 9.59 Å². The van der Waals surface area contributed by atoms with Crippen molar-refractivity contribution in [1.82, 2.24) is 9.80 Å². The monoisotopic (exact) mass is 332 g/mol. The number of hydrogen-bond donors (Lipinski definition) is 1. The van der Waals surface area contributed by atoms with Gasteiger partial charge in [0.1, 0.15) is 0 Å². The molecular formula is C19H28N2O3. The number of carboxylic acids is 1. The highest BCUT2D eigenvalue weighted by Crippen LogP contribution is 2.14. The van der Waals surface area contributed by atoms with Gasteiger partial charge in [0.25, 0.3) is 0 Å². The number of carbonyl (C=O) groups is 2. The van der Waals surface area contributed by atoms with Crippen LogP contribution < -0.4 is 0 Å². The van der Waals surface area contributed by atoms with Gasteiger partial charge >= 0.3 is 5.97 Å². The van der Waals surface area contributed by atoms with Crippen molar-refractivity contribution in [3.63, 3.8) is 0 Å². The van der Waals surface area contributed by atoms with Gasteiger partial charge in [-0.05, 0) is 44.4 Å². The molecule has 1 aromatic rings. The van der Waals surface area contributed by atoms with E-state index in [4.69, 9.17) is 5.11 Å². The molecule has 0 saturated carbocycles. The first-order valence-corrected chi connectivity index (χ1v) is 8.81. The van der Waals surface area contributed by atoms with E-state index >= 15 is 0 Å². The molecular weight excluding hydrogens is 304 g/mol. The SMILES string of the molecule is CC(C)N(CC(=O)N1CCCCCC1)Cc1cccc(C(=O)O)c1. The predicted molar refractivity (Wildman–Crippen MR) is 94.0 cm³/mol. The molecule has 24 heavy (non-hydrogen) atoms. The van der Waals surface area contributed by atoms with Crippen LogP contribution in [-0.2, 0) is 11.3 Å². The molecule has 1 aliphatic heterocycles. The molecule has 1 aromatic carbocycles. The van der Waals surface area contributed by atoms with Crippen LogP contribution in [0.2, 0.25) is 0 Å². The summed E-state index contributed by atoms with van der Waals surface area (Å²) in [5.74, 6) is -0.742. The molecule has 0 radical (unpaired) electrons. The Hall–Kier alpha value is -1.88. The van der Waals surface area contributed by atoms with E-state index in [1.807, 2.05) is 11.0 Å². The molecule has 0 bridgehead atoms. The predicted octanol–water partition coefficient (Wildman–Crippen LogP) is 3.00. The highest BCUT2D eigenvalue weighted by Gasteiger charge is 2.20. The zero-order valence-electron chi connectivity index (χ0n) is 14.7. The van der Waals surface area contributed by atoms with Crippen molar-refractivity contribution in [3.8, 4) is 0 Å². The first-order valence-electron chi connectivity index (χ1n) is 8.81. The summed E-state index contributed by atoms with van der Waals surface area (Å²) in [5, 5.41) is 9.12. The summed E-state index contributed by atoms with van der Waals surface area (Å²) >= 11 is 0. The number of nitrogens with zero attached hydrogens (tertiary/aromatic N) is 2. The van der Waals surface area contributed by atoms with Crippen LogP contribution in [0.4, 0.5) is 0 Å². The van der Waals surface area contributed by atoms with Crippen molar-refractivity contribution in [2.24, 2.45) is 0 Å². The van der Waals surface area contributed by atoms with Crippen LogP contribution in [-0.4, -0.2) is 52.5 Å². The largest absolute Gasteiger partial charge is 0.478 e. The van der Waals surface area contributed by atoms with E-state index in [1.54, 1.807) is 18.2 Å². The number of amides is 1. The Labute approximate surface area is 144 Å². The molecule has 1 N–H and O–H groups in total. The zero-order chi connectivity index (χ0) is 17.5. The van der Waals surface area contributed by atoms with Crippen molar-refractivity contribution < 1.29 is 14.7 Å². The molecule has 1 aliphatic rings. The van der Waals surface area contributed by atoms with Gasteiger partial charge in [-0.2, -0.15) is 0 Å². The van der Waals surface area contributed by atoms with Crippen molar-refractivity contribution in [1.29, 1.82) is 0 Å². The summed E-state index contributed by atoms with van der Waals surface area (Å²) in [5.41, 5.74) is 1.21. The third kappa shape index (κ3) is 5.34. The van der Waals surface area contributed by atoms with E-state index in [0.29, 0.717) is 13.1 Å². The van der Waals surface area contributed by atoms with Crippen molar-refractivity contribution in [2.75, 3.05) is 19.6 Å². The Balaban J connectivity index is 2.02. The lowest BCUT2D eigenvalue weighted by molar-refractivity contribution is -0.133. The smallest absolute Gasteiger partial charge is 0.335 e.